The Bertz CT molecular complexity index is 506. The van der Waals surface area contributed by atoms with E-state index in [2.05, 4.69) is 14.8 Å². The molecule has 6 nitrogen and oxygen atoms in total. The van der Waals surface area contributed by atoms with Crippen LogP contribution in [0.5, 0.6) is 5.88 Å². The zero-order chi connectivity index (χ0) is 10.8. The van der Waals surface area contributed by atoms with Gasteiger partial charge in [0.25, 0.3) is 0 Å². The van der Waals surface area contributed by atoms with Crippen LogP contribution in [0, 0.1) is 0 Å². The lowest BCUT2D eigenvalue weighted by atomic mass is 10.3. The lowest BCUT2D eigenvalue weighted by molar-refractivity contribution is 0.0601. The van der Waals surface area contributed by atoms with Crippen molar-refractivity contribution in [1.29, 1.82) is 0 Å². The number of esters is 1. The maximum atomic E-state index is 11.3. The fourth-order valence-corrected chi connectivity index (χ4v) is 1.29. The second kappa shape index (κ2) is 3.56. The molecule has 0 aliphatic carbocycles. The van der Waals surface area contributed by atoms with Crippen molar-refractivity contribution in [2.24, 2.45) is 0 Å². The van der Waals surface area contributed by atoms with Gasteiger partial charge in [0.05, 0.1) is 19.8 Å². The van der Waals surface area contributed by atoms with Crippen LogP contribution in [0.3, 0.4) is 0 Å². The van der Waals surface area contributed by atoms with E-state index >= 15 is 0 Å². The number of hydrogen-bond acceptors (Lipinski definition) is 5. The van der Waals surface area contributed by atoms with Gasteiger partial charge in [-0.25, -0.2) is 9.31 Å². The van der Waals surface area contributed by atoms with Crippen LogP contribution in [0.15, 0.2) is 18.6 Å². The Morgan fingerprint density at radius 1 is 1.47 bits per heavy atom. The van der Waals surface area contributed by atoms with Crippen LogP contribution in [0.4, 0.5) is 0 Å². The van der Waals surface area contributed by atoms with Gasteiger partial charge in [0.15, 0.2) is 0 Å². The predicted octanol–water partition coefficient (Wildman–Crippen LogP) is 0.524. The summed E-state index contributed by atoms with van der Waals surface area (Å²) in [5, 5.41) is 3.94. The number of carbonyl (C=O) groups is 1. The smallest absolute Gasteiger partial charge is 0.339 e. The molecular formula is C9H9N3O3. The second-order valence-electron chi connectivity index (χ2n) is 2.82. The van der Waals surface area contributed by atoms with Crippen molar-refractivity contribution in [1.82, 2.24) is 14.6 Å². The third-order valence-electron chi connectivity index (χ3n) is 1.99. The summed E-state index contributed by atoms with van der Waals surface area (Å²) in [4.78, 5) is 15.2. The van der Waals surface area contributed by atoms with Gasteiger partial charge in [0.1, 0.15) is 11.8 Å². The second-order valence-corrected chi connectivity index (χ2v) is 2.82. The standard InChI is InChI=1S/C9H9N3O3/c1-14-8-7-3-6(9(13)15-2)4-12(7)11-5-10-8/h3-5H,1-2H3. The van der Waals surface area contributed by atoms with Crippen molar-refractivity contribution in [3.63, 3.8) is 0 Å². The van der Waals surface area contributed by atoms with Crippen molar-refractivity contribution in [3.8, 4) is 5.88 Å². The minimum Gasteiger partial charge on any atom is -0.479 e. The largest absolute Gasteiger partial charge is 0.479 e. The molecule has 0 aliphatic heterocycles. The Morgan fingerprint density at radius 3 is 2.93 bits per heavy atom. The molecule has 0 saturated heterocycles. The summed E-state index contributed by atoms with van der Waals surface area (Å²) in [7, 11) is 2.83. The summed E-state index contributed by atoms with van der Waals surface area (Å²) in [5.41, 5.74) is 1.04. The van der Waals surface area contributed by atoms with Crippen molar-refractivity contribution in [2.45, 2.75) is 0 Å². The van der Waals surface area contributed by atoms with Crippen LogP contribution < -0.4 is 4.74 Å². The quantitative estimate of drug-likeness (QED) is 0.672. The Morgan fingerprint density at radius 2 is 2.27 bits per heavy atom. The van der Waals surface area contributed by atoms with Gasteiger partial charge in [-0.15, -0.1) is 0 Å². The first-order valence-electron chi connectivity index (χ1n) is 4.22. The van der Waals surface area contributed by atoms with Crippen molar-refractivity contribution >= 4 is 11.5 Å². The van der Waals surface area contributed by atoms with Gasteiger partial charge < -0.3 is 9.47 Å². The summed E-state index contributed by atoms with van der Waals surface area (Å²) >= 11 is 0. The Hall–Kier alpha value is -2.11. The maximum absolute atomic E-state index is 11.3. The van der Waals surface area contributed by atoms with Gasteiger partial charge in [0.2, 0.25) is 5.88 Å². The highest BCUT2D eigenvalue weighted by molar-refractivity contribution is 5.91. The first kappa shape index (κ1) is 9.45. The molecule has 15 heavy (non-hydrogen) atoms. The van der Waals surface area contributed by atoms with E-state index in [1.807, 2.05) is 0 Å². The molecule has 2 heterocycles. The molecule has 0 unspecified atom stereocenters. The molecule has 2 aromatic heterocycles. The van der Waals surface area contributed by atoms with Gasteiger partial charge in [-0.1, -0.05) is 0 Å². The number of methoxy groups -OCH3 is 2. The van der Waals surface area contributed by atoms with Crippen LogP contribution in [0.1, 0.15) is 10.4 Å². The van der Waals surface area contributed by atoms with Crippen LogP contribution in [-0.2, 0) is 4.74 Å². The Balaban J connectivity index is 2.60. The summed E-state index contributed by atoms with van der Waals surface area (Å²) in [6.45, 7) is 0. The topological polar surface area (TPSA) is 65.7 Å². The van der Waals surface area contributed by atoms with E-state index in [-0.39, 0.29) is 0 Å². The first-order valence-corrected chi connectivity index (χ1v) is 4.22. The van der Waals surface area contributed by atoms with Gasteiger partial charge in [-0.2, -0.15) is 10.1 Å². The maximum Gasteiger partial charge on any atom is 0.339 e. The molecule has 0 aliphatic rings. The normalized spacial score (nSPS) is 10.3. The fraction of sp³-hybridized carbons (Fsp3) is 0.222. The number of fused-ring (bicyclic) bond motifs is 1. The molecule has 0 fully saturated rings. The van der Waals surface area contributed by atoms with Gasteiger partial charge in [-0.05, 0) is 6.07 Å². The number of aromatic nitrogens is 3. The highest BCUT2D eigenvalue weighted by Crippen LogP contribution is 2.17. The molecule has 78 valence electrons. The minimum absolute atomic E-state index is 0.413. The van der Waals surface area contributed by atoms with Crippen molar-refractivity contribution in [2.75, 3.05) is 14.2 Å². The third-order valence-corrected chi connectivity index (χ3v) is 1.99. The number of rotatable bonds is 2. The highest BCUT2D eigenvalue weighted by Gasteiger charge is 2.12. The number of ether oxygens (including phenoxy) is 2. The molecule has 0 N–H and O–H groups in total. The average molecular weight is 207 g/mol. The van der Waals surface area contributed by atoms with E-state index in [4.69, 9.17) is 4.74 Å². The summed E-state index contributed by atoms with van der Waals surface area (Å²) in [6.07, 6.45) is 2.91. The van der Waals surface area contributed by atoms with Gasteiger partial charge in [-0.3, -0.25) is 0 Å². The highest BCUT2D eigenvalue weighted by atomic mass is 16.5. The lowest BCUT2D eigenvalue weighted by Crippen LogP contribution is -1.98. The summed E-state index contributed by atoms with van der Waals surface area (Å²) in [5.74, 6) is 0.00251. The average Bonchev–Trinajstić information content (AvgIpc) is 2.71. The van der Waals surface area contributed by atoms with Crippen LogP contribution in [-0.4, -0.2) is 34.8 Å². The summed E-state index contributed by atoms with van der Waals surface area (Å²) in [6, 6.07) is 1.62. The summed E-state index contributed by atoms with van der Waals surface area (Å²) < 4.78 is 11.1. The molecule has 0 aromatic carbocycles. The van der Waals surface area contributed by atoms with E-state index in [1.165, 1.54) is 25.1 Å². The number of nitrogens with zero attached hydrogens (tertiary/aromatic N) is 3. The van der Waals surface area contributed by atoms with Gasteiger partial charge >= 0.3 is 5.97 Å². The number of hydrogen-bond donors (Lipinski definition) is 0. The third kappa shape index (κ3) is 1.50. The van der Waals surface area contributed by atoms with Crippen LogP contribution in [0.2, 0.25) is 0 Å². The first-order chi connectivity index (χ1) is 7.26. The lowest BCUT2D eigenvalue weighted by Gasteiger charge is -1.98. The molecule has 2 rings (SSSR count). The predicted molar refractivity (Wildman–Crippen MR) is 50.9 cm³/mol. The van der Waals surface area contributed by atoms with Crippen LogP contribution >= 0.6 is 0 Å². The van der Waals surface area contributed by atoms with Crippen molar-refractivity contribution < 1.29 is 14.3 Å². The van der Waals surface area contributed by atoms with E-state index in [0.717, 1.165) is 0 Å². The Kier molecular flexibility index (Phi) is 2.24. The molecule has 0 saturated carbocycles. The molecule has 2 aromatic rings. The zero-order valence-corrected chi connectivity index (χ0v) is 8.30. The fourth-order valence-electron chi connectivity index (χ4n) is 1.29. The van der Waals surface area contributed by atoms with E-state index in [0.29, 0.717) is 17.0 Å². The molecule has 6 heteroatoms. The van der Waals surface area contributed by atoms with E-state index in [1.54, 1.807) is 12.3 Å². The zero-order valence-electron chi connectivity index (χ0n) is 8.30. The molecule has 0 amide bonds. The monoisotopic (exact) mass is 207 g/mol. The molecule has 0 atom stereocenters. The molecule has 0 spiro atoms. The molecular weight excluding hydrogens is 198 g/mol. The Labute approximate surface area is 85.4 Å². The van der Waals surface area contributed by atoms with E-state index < -0.39 is 5.97 Å². The minimum atomic E-state index is -0.414. The van der Waals surface area contributed by atoms with E-state index in [9.17, 15) is 4.79 Å². The molecule has 0 radical (unpaired) electrons. The van der Waals surface area contributed by atoms with Gasteiger partial charge in [0, 0.05) is 6.20 Å². The molecule has 0 bridgehead atoms. The SMILES string of the molecule is COC(=O)c1cc2c(OC)ncnn2c1. The van der Waals surface area contributed by atoms with Crippen molar-refractivity contribution in [3.05, 3.63) is 24.2 Å². The van der Waals surface area contributed by atoms with Crippen LogP contribution in [0.25, 0.3) is 5.52 Å². The number of carbonyl (C=O) groups excluding carboxylic acids is 1.